The smallest absolute Gasteiger partial charge is 0.106 e. The minimum Gasteiger partial charge on any atom is -0.340 e. The Morgan fingerprint density at radius 2 is 2.09 bits per heavy atom. The van der Waals surface area contributed by atoms with Crippen LogP contribution in [0.3, 0.4) is 0 Å². The van der Waals surface area contributed by atoms with Crippen molar-refractivity contribution in [3.8, 4) is 6.07 Å². The maximum Gasteiger partial charge on any atom is 0.106 e. The number of hydrogen-bond donors (Lipinski definition) is 0. The molecule has 0 spiro atoms. The fourth-order valence-corrected chi connectivity index (χ4v) is 2.95. The summed E-state index contributed by atoms with van der Waals surface area (Å²) in [5, 5.41) is 10.9. The number of rotatable bonds is 2. The molecule has 0 saturated heterocycles. The average molecular weight is 319 g/mol. The average Bonchev–Trinajstić information content (AvgIpc) is 2.92. The number of aromatic nitrogens is 3. The molecule has 0 N–H and O–H groups in total. The van der Waals surface area contributed by atoms with Crippen molar-refractivity contribution in [2.45, 2.75) is 6.54 Å². The van der Waals surface area contributed by atoms with E-state index in [4.69, 9.17) is 11.6 Å². The van der Waals surface area contributed by atoms with Crippen molar-refractivity contribution in [2.75, 3.05) is 0 Å². The molecular formula is C18H11ClN4. The SMILES string of the molecule is N#Cc1cn(Cc2ccc3ncc(Cl)cc3c2)c2cccnc12. The predicted octanol–water partition coefficient (Wildman–Crippen LogP) is 4.16. The van der Waals surface area contributed by atoms with Crippen LogP contribution < -0.4 is 0 Å². The third kappa shape index (κ3) is 2.41. The summed E-state index contributed by atoms with van der Waals surface area (Å²) in [6, 6.07) is 14.1. The van der Waals surface area contributed by atoms with Gasteiger partial charge in [-0.1, -0.05) is 17.7 Å². The molecule has 0 unspecified atom stereocenters. The third-order valence-corrected chi connectivity index (χ3v) is 4.03. The quantitative estimate of drug-likeness (QED) is 0.557. The van der Waals surface area contributed by atoms with Gasteiger partial charge in [0.1, 0.15) is 11.6 Å². The van der Waals surface area contributed by atoms with Crippen LogP contribution in [-0.2, 0) is 6.54 Å². The number of benzene rings is 1. The number of hydrogen-bond acceptors (Lipinski definition) is 3. The van der Waals surface area contributed by atoms with Gasteiger partial charge in [-0.15, -0.1) is 0 Å². The zero-order valence-corrected chi connectivity index (χ0v) is 12.8. The van der Waals surface area contributed by atoms with E-state index in [9.17, 15) is 5.26 Å². The molecule has 0 aliphatic carbocycles. The van der Waals surface area contributed by atoms with Crippen molar-refractivity contribution >= 4 is 33.5 Å². The van der Waals surface area contributed by atoms with Crippen LogP contribution in [0.2, 0.25) is 5.02 Å². The highest BCUT2D eigenvalue weighted by Gasteiger charge is 2.09. The van der Waals surface area contributed by atoms with Gasteiger partial charge in [0.05, 0.1) is 21.6 Å². The molecule has 23 heavy (non-hydrogen) atoms. The number of nitrogens with zero attached hydrogens (tertiary/aromatic N) is 4. The summed E-state index contributed by atoms with van der Waals surface area (Å²) in [6.07, 6.45) is 5.20. The lowest BCUT2D eigenvalue weighted by atomic mass is 10.1. The van der Waals surface area contributed by atoms with E-state index in [2.05, 4.69) is 22.1 Å². The second-order valence-electron chi connectivity index (χ2n) is 5.33. The van der Waals surface area contributed by atoms with Crippen LogP contribution in [0.25, 0.3) is 21.9 Å². The molecule has 110 valence electrons. The first-order valence-electron chi connectivity index (χ1n) is 7.13. The molecule has 0 saturated carbocycles. The summed E-state index contributed by atoms with van der Waals surface area (Å²) in [5.41, 5.74) is 4.31. The molecule has 4 aromatic rings. The summed E-state index contributed by atoms with van der Waals surface area (Å²) in [4.78, 5) is 8.61. The highest BCUT2D eigenvalue weighted by Crippen LogP contribution is 2.22. The molecule has 0 aliphatic heterocycles. The third-order valence-electron chi connectivity index (χ3n) is 3.82. The van der Waals surface area contributed by atoms with Crippen LogP contribution in [0.15, 0.2) is 55.0 Å². The largest absolute Gasteiger partial charge is 0.340 e. The molecule has 0 atom stereocenters. The molecule has 5 heteroatoms. The standard InChI is InChI=1S/C18H11ClN4/c19-15-7-13-6-12(3-4-16(13)22-9-15)10-23-11-14(8-20)18-17(23)2-1-5-21-18/h1-7,9,11H,10H2. The van der Waals surface area contributed by atoms with E-state index < -0.39 is 0 Å². The summed E-state index contributed by atoms with van der Waals surface area (Å²) in [7, 11) is 0. The van der Waals surface area contributed by atoms with Gasteiger partial charge in [0, 0.05) is 30.5 Å². The Kier molecular flexibility index (Phi) is 3.22. The van der Waals surface area contributed by atoms with E-state index in [1.165, 1.54) is 0 Å². The molecular weight excluding hydrogens is 308 g/mol. The predicted molar refractivity (Wildman–Crippen MR) is 90.3 cm³/mol. The minimum absolute atomic E-state index is 0.589. The molecule has 0 amide bonds. The van der Waals surface area contributed by atoms with Crippen LogP contribution in [0.5, 0.6) is 0 Å². The van der Waals surface area contributed by atoms with Crippen LogP contribution in [0, 0.1) is 11.3 Å². The van der Waals surface area contributed by atoms with Gasteiger partial charge in [0.15, 0.2) is 0 Å². The Hall–Kier alpha value is -2.90. The fourth-order valence-electron chi connectivity index (χ4n) is 2.78. The maximum absolute atomic E-state index is 9.26. The van der Waals surface area contributed by atoms with Crippen molar-refractivity contribution in [3.05, 3.63) is 71.1 Å². The van der Waals surface area contributed by atoms with Crippen molar-refractivity contribution in [1.29, 1.82) is 5.26 Å². The number of fused-ring (bicyclic) bond motifs is 2. The minimum atomic E-state index is 0.589. The molecule has 1 aromatic carbocycles. The van der Waals surface area contributed by atoms with E-state index in [1.807, 2.05) is 41.1 Å². The van der Waals surface area contributed by atoms with Gasteiger partial charge >= 0.3 is 0 Å². The Morgan fingerprint density at radius 1 is 1.17 bits per heavy atom. The number of nitriles is 1. The maximum atomic E-state index is 9.26. The summed E-state index contributed by atoms with van der Waals surface area (Å²) < 4.78 is 2.04. The van der Waals surface area contributed by atoms with Crippen LogP contribution in [-0.4, -0.2) is 14.5 Å². The van der Waals surface area contributed by atoms with Gasteiger partial charge in [-0.25, -0.2) is 0 Å². The molecule has 0 bridgehead atoms. The van der Waals surface area contributed by atoms with E-state index in [-0.39, 0.29) is 0 Å². The van der Waals surface area contributed by atoms with E-state index in [0.717, 1.165) is 27.5 Å². The first kappa shape index (κ1) is 13.7. The number of halogens is 1. The second-order valence-corrected chi connectivity index (χ2v) is 5.77. The van der Waals surface area contributed by atoms with Crippen molar-refractivity contribution in [2.24, 2.45) is 0 Å². The van der Waals surface area contributed by atoms with E-state index >= 15 is 0 Å². The lowest BCUT2D eigenvalue weighted by molar-refractivity contribution is 0.836. The van der Waals surface area contributed by atoms with Gasteiger partial charge in [-0.2, -0.15) is 5.26 Å². The zero-order valence-electron chi connectivity index (χ0n) is 12.1. The van der Waals surface area contributed by atoms with Gasteiger partial charge in [-0.05, 0) is 35.9 Å². The van der Waals surface area contributed by atoms with E-state index in [0.29, 0.717) is 17.1 Å². The molecule has 0 radical (unpaired) electrons. The first-order chi connectivity index (χ1) is 11.2. The topological polar surface area (TPSA) is 54.5 Å². The summed E-state index contributed by atoms with van der Waals surface area (Å²) >= 11 is 6.02. The highest BCUT2D eigenvalue weighted by molar-refractivity contribution is 6.31. The van der Waals surface area contributed by atoms with Crippen molar-refractivity contribution in [1.82, 2.24) is 14.5 Å². The Balaban J connectivity index is 1.80. The van der Waals surface area contributed by atoms with Crippen molar-refractivity contribution in [3.63, 3.8) is 0 Å². The summed E-state index contributed by atoms with van der Waals surface area (Å²) in [5.74, 6) is 0. The fraction of sp³-hybridized carbons (Fsp3) is 0.0556. The summed E-state index contributed by atoms with van der Waals surface area (Å²) in [6.45, 7) is 0.659. The van der Waals surface area contributed by atoms with Gasteiger partial charge < -0.3 is 4.57 Å². The van der Waals surface area contributed by atoms with Gasteiger partial charge in [0.2, 0.25) is 0 Å². The number of pyridine rings is 2. The van der Waals surface area contributed by atoms with Gasteiger partial charge in [0.25, 0.3) is 0 Å². The van der Waals surface area contributed by atoms with Crippen molar-refractivity contribution < 1.29 is 0 Å². The Bertz CT molecular complexity index is 1080. The van der Waals surface area contributed by atoms with Gasteiger partial charge in [-0.3, -0.25) is 9.97 Å². The molecule has 4 rings (SSSR count). The first-order valence-corrected chi connectivity index (χ1v) is 7.50. The lowest BCUT2D eigenvalue weighted by Gasteiger charge is -2.07. The monoisotopic (exact) mass is 318 g/mol. The molecule has 0 aliphatic rings. The molecule has 3 heterocycles. The lowest BCUT2D eigenvalue weighted by Crippen LogP contribution is -1.98. The van der Waals surface area contributed by atoms with Crippen LogP contribution >= 0.6 is 11.6 Å². The Morgan fingerprint density at radius 3 is 2.96 bits per heavy atom. The molecule has 3 aromatic heterocycles. The normalized spacial score (nSPS) is 11.0. The highest BCUT2D eigenvalue weighted by atomic mass is 35.5. The van der Waals surface area contributed by atoms with Crippen LogP contribution in [0.1, 0.15) is 11.1 Å². The second kappa shape index (κ2) is 5.38. The van der Waals surface area contributed by atoms with Crippen LogP contribution in [0.4, 0.5) is 0 Å². The molecule has 4 nitrogen and oxygen atoms in total. The molecule has 0 fully saturated rings. The van der Waals surface area contributed by atoms with E-state index in [1.54, 1.807) is 12.4 Å². The Labute approximate surface area is 137 Å². The zero-order chi connectivity index (χ0) is 15.8.